The van der Waals surface area contributed by atoms with Gasteiger partial charge in [0.15, 0.2) is 0 Å². The third-order valence-electron chi connectivity index (χ3n) is 6.07. The Labute approximate surface area is 235 Å². The average molecular weight is 572 g/mol. The summed E-state index contributed by atoms with van der Waals surface area (Å²) in [4.78, 5) is 28.9. The molecule has 3 aromatic carbocycles. The van der Waals surface area contributed by atoms with Crippen molar-refractivity contribution < 1.29 is 22.7 Å². The fourth-order valence-electron chi connectivity index (χ4n) is 4.06. The van der Waals surface area contributed by atoms with Gasteiger partial charge in [0.05, 0.1) is 12.8 Å². The van der Waals surface area contributed by atoms with E-state index in [0.717, 1.165) is 21.7 Å². The largest absolute Gasteiger partial charge is 0.385 e. The van der Waals surface area contributed by atoms with Crippen LogP contribution in [0.25, 0.3) is 0 Å². The lowest BCUT2D eigenvalue weighted by Crippen LogP contribution is -2.48. The summed E-state index contributed by atoms with van der Waals surface area (Å²) >= 11 is 6.07. The first-order valence-corrected chi connectivity index (χ1v) is 14.8. The summed E-state index contributed by atoms with van der Waals surface area (Å²) in [5.41, 5.74) is 2.10. The molecule has 0 saturated heterocycles. The standard InChI is InChI=1S/C29H34ClN3O5S/c1-38-19-9-18-31-29(35)28(25-12-7-4-8-13-25)33(21-24-14-16-26(30)17-15-24)27(34)22-32(39(2,36)37)20-23-10-5-3-6-11-23/h3-8,10-17,28H,9,18-22H2,1-2H3,(H,31,35). The number of nitrogens with one attached hydrogen (secondary N) is 1. The minimum Gasteiger partial charge on any atom is -0.385 e. The topological polar surface area (TPSA) is 96.0 Å². The third-order valence-corrected chi connectivity index (χ3v) is 7.52. The van der Waals surface area contributed by atoms with E-state index in [0.29, 0.717) is 30.2 Å². The minimum absolute atomic E-state index is 0.0272. The summed E-state index contributed by atoms with van der Waals surface area (Å²) in [5, 5.41) is 3.44. The predicted molar refractivity (Wildman–Crippen MR) is 152 cm³/mol. The van der Waals surface area contributed by atoms with E-state index >= 15 is 0 Å². The SMILES string of the molecule is COCCCNC(=O)C(c1ccccc1)N(Cc1ccc(Cl)cc1)C(=O)CN(Cc1ccccc1)S(C)(=O)=O. The van der Waals surface area contributed by atoms with Crippen LogP contribution in [0.5, 0.6) is 0 Å². The molecule has 0 aromatic heterocycles. The van der Waals surface area contributed by atoms with Crippen molar-refractivity contribution >= 4 is 33.4 Å². The molecule has 0 heterocycles. The molecule has 3 aromatic rings. The number of carbonyl (C=O) groups excluding carboxylic acids is 2. The summed E-state index contributed by atoms with van der Waals surface area (Å²) in [6.07, 6.45) is 1.68. The molecule has 0 aliphatic rings. The normalized spacial score (nSPS) is 12.2. The molecule has 0 fully saturated rings. The Kier molecular flexibility index (Phi) is 11.5. The van der Waals surface area contributed by atoms with E-state index in [9.17, 15) is 18.0 Å². The number of hydrogen-bond donors (Lipinski definition) is 1. The van der Waals surface area contributed by atoms with Crippen molar-refractivity contribution in [2.24, 2.45) is 0 Å². The molecule has 2 amide bonds. The van der Waals surface area contributed by atoms with Crippen LogP contribution < -0.4 is 5.32 Å². The van der Waals surface area contributed by atoms with Gasteiger partial charge in [0.1, 0.15) is 6.04 Å². The molecule has 0 spiro atoms. The van der Waals surface area contributed by atoms with Crippen LogP contribution in [-0.4, -0.2) is 62.5 Å². The Balaban J connectivity index is 1.98. The number of rotatable bonds is 14. The van der Waals surface area contributed by atoms with Gasteiger partial charge < -0.3 is 15.0 Å². The monoisotopic (exact) mass is 571 g/mol. The highest BCUT2D eigenvalue weighted by molar-refractivity contribution is 7.88. The average Bonchev–Trinajstić information content (AvgIpc) is 2.92. The number of nitrogens with zero attached hydrogens (tertiary/aromatic N) is 2. The molecule has 208 valence electrons. The zero-order chi connectivity index (χ0) is 28.3. The van der Waals surface area contributed by atoms with Crippen LogP contribution in [0, 0.1) is 0 Å². The molecule has 39 heavy (non-hydrogen) atoms. The van der Waals surface area contributed by atoms with Crippen molar-refractivity contribution in [1.82, 2.24) is 14.5 Å². The van der Waals surface area contributed by atoms with Crippen molar-refractivity contribution in [3.05, 3.63) is 107 Å². The van der Waals surface area contributed by atoms with Crippen LogP contribution in [-0.2, 0) is 37.4 Å². The first kappa shape index (κ1) is 30.3. The van der Waals surface area contributed by atoms with Crippen molar-refractivity contribution in [2.75, 3.05) is 33.1 Å². The molecule has 3 rings (SSSR count). The zero-order valence-corrected chi connectivity index (χ0v) is 23.7. The molecule has 1 N–H and O–H groups in total. The Bertz CT molecular complexity index is 1310. The van der Waals surface area contributed by atoms with Gasteiger partial charge in [-0.2, -0.15) is 4.31 Å². The van der Waals surface area contributed by atoms with Crippen molar-refractivity contribution in [3.63, 3.8) is 0 Å². The van der Waals surface area contributed by atoms with Gasteiger partial charge in [-0.15, -0.1) is 0 Å². The van der Waals surface area contributed by atoms with Gasteiger partial charge in [-0.1, -0.05) is 84.4 Å². The summed E-state index contributed by atoms with van der Waals surface area (Å²) < 4.78 is 31.6. The van der Waals surface area contributed by atoms with E-state index in [2.05, 4.69) is 5.32 Å². The van der Waals surface area contributed by atoms with E-state index < -0.39 is 28.5 Å². The quantitative estimate of drug-likeness (QED) is 0.295. The molecule has 1 atom stereocenters. The van der Waals surface area contributed by atoms with E-state index in [1.165, 1.54) is 4.90 Å². The van der Waals surface area contributed by atoms with Crippen LogP contribution >= 0.6 is 11.6 Å². The number of benzene rings is 3. The van der Waals surface area contributed by atoms with Crippen LogP contribution in [0.3, 0.4) is 0 Å². The van der Waals surface area contributed by atoms with Gasteiger partial charge >= 0.3 is 0 Å². The van der Waals surface area contributed by atoms with Gasteiger partial charge in [0.25, 0.3) is 0 Å². The maximum Gasteiger partial charge on any atom is 0.247 e. The van der Waals surface area contributed by atoms with Gasteiger partial charge in [-0.05, 0) is 35.2 Å². The Morgan fingerprint density at radius 1 is 0.897 bits per heavy atom. The highest BCUT2D eigenvalue weighted by Gasteiger charge is 2.33. The van der Waals surface area contributed by atoms with Gasteiger partial charge in [0.2, 0.25) is 21.8 Å². The molecule has 0 aliphatic carbocycles. The number of amides is 2. The first-order chi connectivity index (χ1) is 18.7. The number of hydrogen-bond acceptors (Lipinski definition) is 5. The second-order valence-corrected chi connectivity index (χ2v) is 11.5. The van der Waals surface area contributed by atoms with E-state index in [4.69, 9.17) is 16.3 Å². The summed E-state index contributed by atoms with van der Waals surface area (Å²) in [5.74, 6) is -0.874. The molecule has 1 unspecified atom stereocenters. The highest BCUT2D eigenvalue weighted by Crippen LogP contribution is 2.25. The molecular formula is C29H34ClN3O5S. The predicted octanol–water partition coefficient (Wildman–Crippen LogP) is 4.02. The molecular weight excluding hydrogens is 538 g/mol. The molecule has 10 heteroatoms. The molecule has 0 bridgehead atoms. The zero-order valence-electron chi connectivity index (χ0n) is 22.1. The maximum atomic E-state index is 14.0. The Hall–Kier alpha value is -3.24. The van der Waals surface area contributed by atoms with Crippen LogP contribution in [0.15, 0.2) is 84.9 Å². The smallest absolute Gasteiger partial charge is 0.247 e. The second kappa shape index (κ2) is 14.8. The maximum absolute atomic E-state index is 14.0. The van der Waals surface area contributed by atoms with E-state index in [-0.39, 0.29) is 19.0 Å². The number of ether oxygens (including phenoxy) is 1. The number of methoxy groups -OCH3 is 1. The number of halogens is 1. The summed E-state index contributed by atoms with van der Waals surface area (Å²) in [6, 6.07) is 24.0. The summed E-state index contributed by atoms with van der Waals surface area (Å²) in [7, 11) is -2.16. The lowest BCUT2D eigenvalue weighted by atomic mass is 10.0. The van der Waals surface area contributed by atoms with Crippen LogP contribution in [0.4, 0.5) is 0 Å². The number of sulfonamides is 1. The van der Waals surface area contributed by atoms with Gasteiger partial charge in [0, 0.05) is 38.4 Å². The lowest BCUT2D eigenvalue weighted by Gasteiger charge is -2.33. The van der Waals surface area contributed by atoms with Gasteiger partial charge in [-0.3, -0.25) is 9.59 Å². The van der Waals surface area contributed by atoms with Crippen LogP contribution in [0.1, 0.15) is 29.2 Å². The number of carbonyl (C=O) groups is 2. The summed E-state index contributed by atoms with van der Waals surface area (Å²) in [6.45, 7) is 0.514. The fraction of sp³-hybridized carbons (Fsp3) is 0.310. The Morgan fingerprint density at radius 2 is 1.49 bits per heavy atom. The fourth-order valence-corrected chi connectivity index (χ4v) is 4.92. The van der Waals surface area contributed by atoms with Crippen molar-refractivity contribution in [3.8, 4) is 0 Å². The van der Waals surface area contributed by atoms with E-state index in [1.54, 1.807) is 67.8 Å². The lowest BCUT2D eigenvalue weighted by molar-refractivity contribution is -0.141. The molecule has 0 saturated carbocycles. The first-order valence-electron chi connectivity index (χ1n) is 12.5. The third kappa shape index (κ3) is 9.47. The highest BCUT2D eigenvalue weighted by atomic mass is 35.5. The second-order valence-electron chi connectivity index (χ2n) is 9.12. The van der Waals surface area contributed by atoms with Gasteiger partial charge in [-0.25, -0.2) is 8.42 Å². The Morgan fingerprint density at radius 3 is 2.08 bits per heavy atom. The van der Waals surface area contributed by atoms with Crippen molar-refractivity contribution in [2.45, 2.75) is 25.6 Å². The minimum atomic E-state index is -3.75. The van der Waals surface area contributed by atoms with E-state index in [1.807, 2.05) is 24.3 Å². The molecule has 0 radical (unpaired) electrons. The molecule has 8 nitrogen and oxygen atoms in total. The van der Waals surface area contributed by atoms with Crippen LogP contribution in [0.2, 0.25) is 5.02 Å². The molecule has 0 aliphatic heterocycles. The van der Waals surface area contributed by atoms with Crippen molar-refractivity contribution in [1.29, 1.82) is 0 Å².